The maximum Gasteiger partial charge on any atom is 0.253 e. The van der Waals surface area contributed by atoms with Crippen LogP contribution < -0.4 is 4.90 Å². The lowest BCUT2D eigenvalue weighted by molar-refractivity contribution is -0.127. The van der Waals surface area contributed by atoms with E-state index >= 15 is 0 Å². The molecule has 18 heavy (non-hydrogen) atoms. The monoisotopic (exact) mass is 253 g/mol. The van der Waals surface area contributed by atoms with Crippen molar-refractivity contribution < 1.29 is 13.9 Å². The largest absolute Gasteiger partial charge is 0.366 e. The highest BCUT2D eigenvalue weighted by molar-refractivity contribution is 5.94. The van der Waals surface area contributed by atoms with Crippen molar-refractivity contribution in [3.8, 4) is 0 Å². The zero-order valence-corrected chi connectivity index (χ0v) is 11.4. The summed E-state index contributed by atoms with van der Waals surface area (Å²) in [6, 6.07) is 6.24. The SMILES string of the molecule is CCN(C(=O)COC(C)(C)C)c1ccccc1F. The minimum atomic E-state index is -0.400. The number of ether oxygens (including phenoxy) is 1. The Balaban J connectivity index is 2.78. The average molecular weight is 253 g/mol. The van der Waals surface area contributed by atoms with Gasteiger partial charge in [0.25, 0.3) is 5.91 Å². The van der Waals surface area contributed by atoms with E-state index in [0.717, 1.165) is 0 Å². The zero-order valence-electron chi connectivity index (χ0n) is 11.4. The van der Waals surface area contributed by atoms with Gasteiger partial charge in [-0.15, -0.1) is 0 Å². The summed E-state index contributed by atoms with van der Waals surface area (Å²) < 4.78 is 19.0. The van der Waals surface area contributed by atoms with Gasteiger partial charge in [-0.25, -0.2) is 4.39 Å². The van der Waals surface area contributed by atoms with Gasteiger partial charge in [0.05, 0.1) is 11.3 Å². The predicted molar refractivity (Wildman–Crippen MR) is 70.1 cm³/mol. The van der Waals surface area contributed by atoms with E-state index in [1.165, 1.54) is 11.0 Å². The Morgan fingerprint density at radius 1 is 1.33 bits per heavy atom. The number of anilines is 1. The number of hydrogen-bond acceptors (Lipinski definition) is 2. The number of hydrogen-bond donors (Lipinski definition) is 0. The molecule has 0 aliphatic heterocycles. The van der Waals surface area contributed by atoms with Gasteiger partial charge in [0.15, 0.2) is 0 Å². The number of amides is 1. The van der Waals surface area contributed by atoms with Crippen LogP contribution in [0, 0.1) is 5.82 Å². The maximum atomic E-state index is 13.6. The predicted octanol–water partition coefficient (Wildman–Crippen LogP) is 2.99. The molecular formula is C14H20FNO2. The van der Waals surface area contributed by atoms with E-state index in [9.17, 15) is 9.18 Å². The smallest absolute Gasteiger partial charge is 0.253 e. The molecule has 0 spiro atoms. The number of nitrogens with zero attached hydrogens (tertiary/aromatic N) is 1. The molecule has 0 radical (unpaired) electrons. The second-order valence-electron chi connectivity index (χ2n) is 4.99. The molecule has 0 saturated carbocycles. The molecule has 100 valence electrons. The summed E-state index contributed by atoms with van der Waals surface area (Å²) in [5.74, 6) is -0.638. The first-order valence-electron chi connectivity index (χ1n) is 6.04. The maximum absolute atomic E-state index is 13.6. The van der Waals surface area contributed by atoms with Gasteiger partial charge in [-0.05, 0) is 39.8 Å². The van der Waals surface area contributed by atoms with Crippen LogP contribution in [0.4, 0.5) is 10.1 Å². The lowest BCUT2D eigenvalue weighted by atomic mass is 10.2. The van der Waals surface area contributed by atoms with Gasteiger partial charge in [-0.3, -0.25) is 4.79 Å². The van der Waals surface area contributed by atoms with E-state index in [0.29, 0.717) is 12.2 Å². The third-order valence-corrected chi connectivity index (χ3v) is 2.39. The lowest BCUT2D eigenvalue weighted by Crippen LogP contribution is -2.36. The number of benzene rings is 1. The highest BCUT2D eigenvalue weighted by Crippen LogP contribution is 2.19. The number of para-hydroxylation sites is 1. The Morgan fingerprint density at radius 2 is 1.94 bits per heavy atom. The van der Waals surface area contributed by atoms with Crippen molar-refractivity contribution in [2.75, 3.05) is 18.1 Å². The molecular weight excluding hydrogens is 233 g/mol. The molecule has 0 aliphatic rings. The molecule has 0 N–H and O–H groups in total. The first-order valence-corrected chi connectivity index (χ1v) is 6.04. The molecule has 0 heterocycles. The highest BCUT2D eigenvalue weighted by Gasteiger charge is 2.20. The summed E-state index contributed by atoms with van der Waals surface area (Å²) in [7, 11) is 0. The van der Waals surface area contributed by atoms with Crippen molar-refractivity contribution in [2.45, 2.75) is 33.3 Å². The molecule has 0 unspecified atom stereocenters. The number of carbonyl (C=O) groups is 1. The van der Waals surface area contributed by atoms with Gasteiger partial charge in [0, 0.05) is 6.54 Å². The van der Waals surface area contributed by atoms with E-state index in [1.54, 1.807) is 25.1 Å². The Hall–Kier alpha value is -1.42. The molecule has 0 bridgehead atoms. The molecule has 3 nitrogen and oxygen atoms in total. The molecule has 0 saturated heterocycles. The van der Waals surface area contributed by atoms with Gasteiger partial charge in [-0.1, -0.05) is 12.1 Å². The third kappa shape index (κ3) is 4.11. The summed E-state index contributed by atoms with van der Waals surface area (Å²) in [5.41, 5.74) is -0.0906. The van der Waals surface area contributed by atoms with Crippen LogP contribution in [0.3, 0.4) is 0 Å². The fourth-order valence-electron chi connectivity index (χ4n) is 1.51. The molecule has 0 aliphatic carbocycles. The van der Waals surface area contributed by atoms with E-state index in [2.05, 4.69) is 0 Å². The Labute approximate surface area is 108 Å². The van der Waals surface area contributed by atoms with Crippen molar-refractivity contribution in [3.63, 3.8) is 0 Å². The van der Waals surface area contributed by atoms with E-state index < -0.39 is 5.82 Å². The highest BCUT2D eigenvalue weighted by atomic mass is 19.1. The molecule has 0 fully saturated rings. The number of rotatable bonds is 4. The minimum Gasteiger partial charge on any atom is -0.366 e. The Morgan fingerprint density at radius 3 is 2.44 bits per heavy atom. The van der Waals surface area contributed by atoms with Gasteiger partial charge < -0.3 is 9.64 Å². The number of halogens is 1. The normalized spacial score (nSPS) is 11.4. The van der Waals surface area contributed by atoms with E-state index in [-0.39, 0.29) is 18.1 Å². The third-order valence-electron chi connectivity index (χ3n) is 2.39. The van der Waals surface area contributed by atoms with Crippen LogP contribution >= 0.6 is 0 Å². The first-order chi connectivity index (χ1) is 8.35. The first kappa shape index (κ1) is 14.6. The molecule has 1 amide bonds. The lowest BCUT2D eigenvalue weighted by Gasteiger charge is -2.24. The summed E-state index contributed by atoms with van der Waals surface area (Å²) in [6.07, 6.45) is 0. The van der Waals surface area contributed by atoms with Crippen molar-refractivity contribution in [1.29, 1.82) is 0 Å². The van der Waals surface area contributed by atoms with Crippen molar-refractivity contribution in [2.24, 2.45) is 0 Å². The molecule has 4 heteroatoms. The topological polar surface area (TPSA) is 29.5 Å². The average Bonchev–Trinajstić information content (AvgIpc) is 2.29. The van der Waals surface area contributed by atoms with E-state index in [1.807, 2.05) is 20.8 Å². The summed E-state index contributed by atoms with van der Waals surface area (Å²) in [6.45, 7) is 7.79. The van der Waals surface area contributed by atoms with Crippen LogP contribution in [-0.4, -0.2) is 24.7 Å². The molecule has 0 aromatic heterocycles. The molecule has 1 aromatic carbocycles. The van der Waals surface area contributed by atoms with Crippen LogP contribution in [-0.2, 0) is 9.53 Å². The quantitative estimate of drug-likeness (QED) is 0.825. The summed E-state index contributed by atoms with van der Waals surface area (Å²) in [5, 5.41) is 0. The van der Waals surface area contributed by atoms with Crippen LogP contribution in [0.25, 0.3) is 0 Å². The van der Waals surface area contributed by atoms with Crippen molar-refractivity contribution in [3.05, 3.63) is 30.1 Å². The zero-order chi connectivity index (χ0) is 13.8. The second kappa shape index (κ2) is 5.96. The fraction of sp³-hybridized carbons (Fsp3) is 0.500. The second-order valence-corrected chi connectivity index (χ2v) is 4.99. The van der Waals surface area contributed by atoms with Gasteiger partial charge in [0.2, 0.25) is 0 Å². The van der Waals surface area contributed by atoms with Gasteiger partial charge in [-0.2, -0.15) is 0 Å². The summed E-state index contributed by atoms with van der Waals surface area (Å²) >= 11 is 0. The fourth-order valence-corrected chi connectivity index (χ4v) is 1.51. The molecule has 1 aromatic rings. The number of carbonyl (C=O) groups excluding carboxylic acids is 1. The van der Waals surface area contributed by atoms with Gasteiger partial charge >= 0.3 is 0 Å². The van der Waals surface area contributed by atoms with Gasteiger partial charge in [0.1, 0.15) is 12.4 Å². The van der Waals surface area contributed by atoms with Crippen LogP contribution in [0.15, 0.2) is 24.3 Å². The van der Waals surface area contributed by atoms with E-state index in [4.69, 9.17) is 4.74 Å². The van der Waals surface area contributed by atoms with Crippen LogP contribution in [0.5, 0.6) is 0 Å². The Bertz CT molecular complexity index is 413. The molecule has 0 atom stereocenters. The standard InChI is InChI=1S/C14H20FNO2/c1-5-16(12-9-7-6-8-11(12)15)13(17)10-18-14(2,3)4/h6-9H,5,10H2,1-4H3. The summed E-state index contributed by atoms with van der Waals surface area (Å²) in [4.78, 5) is 13.4. The van der Waals surface area contributed by atoms with Crippen LogP contribution in [0.1, 0.15) is 27.7 Å². The number of likely N-dealkylation sites (N-methyl/N-ethyl adjacent to an activating group) is 1. The van der Waals surface area contributed by atoms with Crippen molar-refractivity contribution >= 4 is 11.6 Å². The Kier molecular flexibility index (Phi) is 4.84. The molecule has 1 rings (SSSR count). The minimum absolute atomic E-state index is 0.0499. The van der Waals surface area contributed by atoms with Crippen LogP contribution in [0.2, 0.25) is 0 Å². The van der Waals surface area contributed by atoms with Crippen molar-refractivity contribution in [1.82, 2.24) is 0 Å².